The SMILES string of the molecule is CCCN1C(=O)C[C@H](N)[C@H]1c1cnsc1. The fourth-order valence-electron chi connectivity index (χ4n) is 2.11. The molecule has 1 fully saturated rings. The quantitative estimate of drug-likeness (QED) is 0.839. The van der Waals surface area contributed by atoms with Gasteiger partial charge in [0.2, 0.25) is 5.91 Å². The molecule has 2 N–H and O–H groups in total. The van der Waals surface area contributed by atoms with E-state index in [1.807, 2.05) is 16.5 Å². The van der Waals surface area contributed by atoms with E-state index in [0.29, 0.717) is 6.42 Å². The molecule has 2 heterocycles. The Kier molecular flexibility index (Phi) is 3.02. The first-order valence-corrected chi connectivity index (χ1v) is 6.02. The van der Waals surface area contributed by atoms with Gasteiger partial charge in [0.1, 0.15) is 0 Å². The molecule has 0 aliphatic carbocycles. The van der Waals surface area contributed by atoms with Gasteiger partial charge in [-0.3, -0.25) is 4.79 Å². The highest BCUT2D eigenvalue weighted by Crippen LogP contribution is 2.32. The second kappa shape index (κ2) is 4.28. The van der Waals surface area contributed by atoms with Crippen molar-refractivity contribution in [1.29, 1.82) is 0 Å². The normalized spacial score (nSPS) is 26.3. The maximum Gasteiger partial charge on any atom is 0.224 e. The van der Waals surface area contributed by atoms with Crippen LogP contribution in [0.15, 0.2) is 11.6 Å². The van der Waals surface area contributed by atoms with E-state index in [9.17, 15) is 4.79 Å². The first-order chi connectivity index (χ1) is 7.24. The third-order valence-corrected chi connectivity index (χ3v) is 3.33. The van der Waals surface area contributed by atoms with Crippen LogP contribution in [0.5, 0.6) is 0 Å². The molecule has 0 aromatic carbocycles. The number of rotatable bonds is 3. The second-order valence-electron chi connectivity index (χ2n) is 3.86. The van der Waals surface area contributed by atoms with Crippen LogP contribution >= 0.6 is 11.5 Å². The summed E-state index contributed by atoms with van der Waals surface area (Å²) in [6.45, 7) is 2.85. The molecule has 1 aliphatic heterocycles. The molecular weight excluding hydrogens is 210 g/mol. The number of hydrogen-bond acceptors (Lipinski definition) is 4. The summed E-state index contributed by atoms with van der Waals surface area (Å²) in [5.41, 5.74) is 7.07. The molecule has 5 heteroatoms. The summed E-state index contributed by atoms with van der Waals surface area (Å²) in [6.07, 6.45) is 3.24. The molecule has 0 bridgehead atoms. The minimum Gasteiger partial charge on any atom is -0.334 e. The summed E-state index contributed by atoms with van der Waals surface area (Å²) in [5.74, 6) is 0.167. The lowest BCUT2D eigenvalue weighted by Gasteiger charge is -2.25. The highest BCUT2D eigenvalue weighted by Gasteiger charge is 2.38. The van der Waals surface area contributed by atoms with Gasteiger partial charge in [-0.25, -0.2) is 4.37 Å². The zero-order chi connectivity index (χ0) is 10.8. The Balaban J connectivity index is 2.23. The monoisotopic (exact) mass is 225 g/mol. The summed E-state index contributed by atoms with van der Waals surface area (Å²) >= 11 is 1.41. The van der Waals surface area contributed by atoms with Crippen molar-refractivity contribution in [3.8, 4) is 0 Å². The Morgan fingerprint density at radius 3 is 3.13 bits per heavy atom. The van der Waals surface area contributed by atoms with Crippen LogP contribution in [0.25, 0.3) is 0 Å². The molecule has 1 amide bonds. The van der Waals surface area contributed by atoms with Crippen LogP contribution in [0.3, 0.4) is 0 Å². The Morgan fingerprint density at radius 1 is 1.73 bits per heavy atom. The van der Waals surface area contributed by atoms with Crippen LogP contribution in [0.2, 0.25) is 0 Å². The van der Waals surface area contributed by atoms with Gasteiger partial charge in [0.15, 0.2) is 0 Å². The summed E-state index contributed by atoms with van der Waals surface area (Å²) in [6, 6.07) is -0.0448. The minimum absolute atomic E-state index is 0.0381. The number of likely N-dealkylation sites (tertiary alicyclic amines) is 1. The van der Waals surface area contributed by atoms with Crippen molar-refractivity contribution in [3.63, 3.8) is 0 Å². The van der Waals surface area contributed by atoms with E-state index in [0.717, 1.165) is 18.5 Å². The largest absolute Gasteiger partial charge is 0.334 e. The molecule has 2 atom stereocenters. The Bertz CT molecular complexity index is 338. The van der Waals surface area contributed by atoms with Crippen LogP contribution in [-0.4, -0.2) is 27.8 Å². The lowest BCUT2D eigenvalue weighted by Crippen LogP contribution is -2.33. The van der Waals surface area contributed by atoms with Crippen LogP contribution < -0.4 is 5.73 Å². The Labute approximate surface area is 93.2 Å². The Hall–Kier alpha value is -0.940. The smallest absolute Gasteiger partial charge is 0.224 e. The highest BCUT2D eigenvalue weighted by atomic mass is 32.1. The predicted octanol–water partition coefficient (Wildman–Crippen LogP) is 1.15. The molecule has 1 aliphatic rings. The van der Waals surface area contributed by atoms with E-state index in [1.54, 1.807) is 0 Å². The maximum absolute atomic E-state index is 11.7. The second-order valence-corrected chi connectivity index (χ2v) is 4.52. The lowest BCUT2D eigenvalue weighted by atomic mass is 10.0. The van der Waals surface area contributed by atoms with E-state index in [-0.39, 0.29) is 18.0 Å². The molecule has 2 rings (SSSR count). The number of carbonyl (C=O) groups is 1. The lowest BCUT2D eigenvalue weighted by molar-refractivity contribution is -0.129. The van der Waals surface area contributed by atoms with Gasteiger partial charge in [0.25, 0.3) is 0 Å². The number of nitrogens with two attached hydrogens (primary N) is 1. The fraction of sp³-hybridized carbons (Fsp3) is 0.600. The third-order valence-electron chi connectivity index (χ3n) is 2.73. The van der Waals surface area contributed by atoms with Crippen molar-refractivity contribution in [3.05, 3.63) is 17.1 Å². The van der Waals surface area contributed by atoms with Crippen LogP contribution in [0.1, 0.15) is 31.4 Å². The molecule has 1 saturated heterocycles. The number of amides is 1. The summed E-state index contributed by atoms with van der Waals surface area (Å²) in [7, 11) is 0. The predicted molar refractivity (Wildman–Crippen MR) is 59.5 cm³/mol. The van der Waals surface area contributed by atoms with Crippen molar-refractivity contribution in [2.24, 2.45) is 5.73 Å². The molecule has 1 aromatic heterocycles. The minimum atomic E-state index is -0.0829. The topological polar surface area (TPSA) is 59.2 Å². The van der Waals surface area contributed by atoms with Crippen molar-refractivity contribution in [1.82, 2.24) is 9.27 Å². The van der Waals surface area contributed by atoms with Gasteiger partial charge in [0, 0.05) is 36.1 Å². The molecule has 15 heavy (non-hydrogen) atoms. The molecule has 1 aromatic rings. The van der Waals surface area contributed by atoms with E-state index < -0.39 is 0 Å². The molecular formula is C10H15N3OS. The van der Waals surface area contributed by atoms with Gasteiger partial charge < -0.3 is 10.6 Å². The summed E-state index contributed by atoms with van der Waals surface area (Å²) in [5, 5.41) is 1.98. The number of nitrogens with zero attached hydrogens (tertiary/aromatic N) is 2. The average molecular weight is 225 g/mol. The van der Waals surface area contributed by atoms with Gasteiger partial charge in [-0.05, 0) is 18.0 Å². The fourth-order valence-corrected chi connectivity index (χ4v) is 2.67. The molecule has 82 valence electrons. The van der Waals surface area contributed by atoms with E-state index in [1.165, 1.54) is 11.5 Å². The maximum atomic E-state index is 11.7. The van der Waals surface area contributed by atoms with Crippen LogP contribution in [0.4, 0.5) is 0 Å². The van der Waals surface area contributed by atoms with Gasteiger partial charge in [-0.2, -0.15) is 0 Å². The van der Waals surface area contributed by atoms with Crippen LogP contribution in [-0.2, 0) is 4.79 Å². The molecule has 0 saturated carbocycles. The Morgan fingerprint density at radius 2 is 2.53 bits per heavy atom. The standard InChI is InChI=1S/C10H15N3OS/c1-2-3-13-9(14)4-8(11)10(13)7-5-12-15-6-7/h5-6,8,10H,2-4,11H2,1H3/t8-,10+/m0/s1. The molecule has 4 nitrogen and oxygen atoms in total. The highest BCUT2D eigenvalue weighted by molar-refractivity contribution is 7.03. The van der Waals surface area contributed by atoms with Crippen molar-refractivity contribution in [2.75, 3.05) is 6.54 Å². The van der Waals surface area contributed by atoms with Crippen molar-refractivity contribution >= 4 is 17.4 Å². The average Bonchev–Trinajstić information content (AvgIpc) is 2.77. The van der Waals surface area contributed by atoms with Crippen LogP contribution in [0, 0.1) is 0 Å². The third kappa shape index (κ3) is 1.89. The zero-order valence-electron chi connectivity index (χ0n) is 8.72. The summed E-state index contributed by atoms with van der Waals surface area (Å²) < 4.78 is 4.07. The number of hydrogen-bond donors (Lipinski definition) is 1. The first kappa shape index (κ1) is 10.6. The van der Waals surface area contributed by atoms with Gasteiger partial charge in [0.05, 0.1) is 6.04 Å². The van der Waals surface area contributed by atoms with E-state index >= 15 is 0 Å². The van der Waals surface area contributed by atoms with Gasteiger partial charge >= 0.3 is 0 Å². The van der Waals surface area contributed by atoms with Crippen molar-refractivity contribution in [2.45, 2.75) is 31.8 Å². The molecule has 0 radical (unpaired) electrons. The van der Waals surface area contributed by atoms with Crippen molar-refractivity contribution < 1.29 is 4.79 Å². The van der Waals surface area contributed by atoms with Gasteiger partial charge in [-0.1, -0.05) is 6.92 Å². The van der Waals surface area contributed by atoms with E-state index in [4.69, 9.17) is 5.73 Å². The first-order valence-electron chi connectivity index (χ1n) is 5.18. The van der Waals surface area contributed by atoms with Gasteiger partial charge in [-0.15, -0.1) is 0 Å². The number of carbonyl (C=O) groups excluding carboxylic acids is 1. The van der Waals surface area contributed by atoms with E-state index in [2.05, 4.69) is 11.3 Å². The number of aromatic nitrogens is 1. The summed E-state index contributed by atoms with van der Waals surface area (Å²) in [4.78, 5) is 13.6. The zero-order valence-corrected chi connectivity index (χ0v) is 9.54. The molecule has 0 spiro atoms. The molecule has 0 unspecified atom stereocenters.